The maximum Gasteiger partial charge on any atom is 0.193 e. The standard InChI is InChI=1S/C21H25N3O2/c22-21(23-9-8-15-12-16-4-1-2-5-17(16)13-15)24-18-6-7-19-20(14-18)26-11-3-10-25-19/h1-2,4-7,14-15H,3,8-13H2,(H3,22,23,24). The molecule has 0 fully saturated rings. The van der Waals surface area contributed by atoms with Crippen LogP contribution in [0.3, 0.4) is 0 Å². The van der Waals surface area contributed by atoms with E-state index < -0.39 is 0 Å². The van der Waals surface area contributed by atoms with Gasteiger partial charge in [-0.1, -0.05) is 24.3 Å². The van der Waals surface area contributed by atoms with Crippen LogP contribution >= 0.6 is 0 Å². The highest BCUT2D eigenvalue weighted by Crippen LogP contribution is 2.32. The zero-order chi connectivity index (χ0) is 17.8. The number of aliphatic imine (C=N–C) groups is 1. The van der Waals surface area contributed by atoms with Crippen molar-refractivity contribution >= 4 is 11.6 Å². The van der Waals surface area contributed by atoms with Gasteiger partial charge < -0.3 is 20.5 Å². The molecule has 136 valence electrons. The second kappa shape index (κ2) is 7.68. The van der Waals surface area contributed by atoms with Gasteiger partial charge in [0.25, 0.3) is 0 Å². The molecular formula is C21H25N3O2. The van der Waals surface area contributed by atoms with E-state index in [0.29, 0.717) is 25.1 Å². The maximum atomic E-state index is 6.05. The number of ether oxygens (including phenoxy) is 2. The molecule has 0 saturated heterocycles. The lowest BCUT2D eigenvalue weighted by molar-refractivity contribution is 0.297. The fourth-order valence-electron chi connectivity index (χ4n) is 3.65. The Morgan fingerprint density at radius 1 is 1.04 bits per heavy atom. The van der Waals surface area contributed by atoms with Gasteiger partial charge in [-0.15, -0.1) is 0 Å². The second-order valence-electron chi connectivity index (χ2n) is 6.94. The minimum absolute atomic E-state index is 0.440. The van der Waals surface area contributed by atoms with Gasteiger partial charge >= 0.3 is 0 Å². The van der Waals surface area contributed by atoms with Crippen molar-refractivity contribution in [2.75, 3.05) is 25.1 Å². The molecule has 1 aliphatic carbocycles. The van der Waals surface area contributed by atoms with Crippen LogP contribution < -0.4 is 20.5 Å². The van der Waals surface area contributed by atoms with Crippen molar-refractivity contribution in [3.05, 3.63) is 53.6 Å². The number of hydrogen-bond acceptors (Lipinski definition) is 3. The number of anilines is 1. The highest BCUT2D eigenvalue weighted by atomic mass is 16.5. The van der Waals surface area contributed by atoms with Gasteiger partial charge in [-0.2, -0.15) is 0 Å². The molecule has 0 unspecified atom stereocenters. The summed E-state index contributed by atoms with van der Waals surface area (Å²) in [4.78, 5) is 4.49. The van der Waals surface area contributed by atoms with Crippen LogP contribution in [-0.2, 0) is 12.8 Å². The second-order valence-corrected chi connectivity index (χ2v) is 6.94. The molecule has 0 aromatic heterocycles. The molecule has 2 aromatic rings. The summed E-state index contributed by atoms with van der Waals surface area (Å²) in [5.41, 5.74) is 9.88. The van der Waals surface area contributed by atoms with Crippen LogP contribution in [0, 0.1) is 5.92 Å². The summed E-state index contributed by atoms with van der Waals surface area (Å²) in [5, 5.41) is 3.15. The van der Waals surface area contributed by atoms with Crippen molar-refractivity contribution in [1.29, 1.82) is 0 Å². The molecule has 0 radical (unpaired) electrons. The Morgan fingerprint density at radius 3 is 2.54 bits per heavy atom. The molecule has 0 spiro atoms. The number of nitrogens with two attached hydrogens (primary N) is 1. The van der Waals surface area contributed by atoms with E-state index in [0.717, 1.165) is 49.4 Å². The molecular weight excluding hydrogens is 326 g/mol. The molecule has 3 N–H and O–H groups in total. The number of nitrogens with zero attached hydrogens (tertiary/aromatic N) is 1. The van der Waals surface area contributed by atoms with Crippen LogP contribution in [0.4, 0.5) is 5.69 Å². The van der Waals surface area contributed by atoms with E-state index in [9.17, 15) is 0 Å². The molecule has 0 saturated carbocycles. The number of fused-ring (bicyclic) bond motifs is 2. The van der Waals surface area contributed by atoms with Crippen molar-refractivity contribution in [1.82, 2.24) is 0 Å². The summed E-state index contributed by atoms with van der Waals surface area (Å²) in [6.07, 6.45) is 4.26. The Bertz CT molecular complexity index is 779. The fourth-order valence-corrected chi connectivity index (χ4v) is 3.65. The third-order valence-corrected chi connectivity index (χ3v) is 4.97. The van der Waals surface area contributed by atoms with E-state index in [-0.39, 0.29) is 0 Å². The fraction of sp³-hybridized carbons (Fsp3) is 0.381. The molecule has 5 nitrogen and oxygen atoms in total. The molecule has 1 heterocycles. The summed E-state index contributed by atoms with van der Waals surface area (Å²) in [7, 11) is 0. The maximum absolute atomic E-state index is 6.05. The zero-order valence-corrected chi connectivity index (χ0v) is 14.9. The number of hydrogen-bond donors (Lipinski definition) is 2. The Kier molecular flexibility index (Phi) is 4.95. The quantitative estimate of drug-likeness (QED) is 0.654. The van der Waals surface area contributed by atoms with Crippen molar-refractivity contribution < 1.29 is 9.47 Å². The van der Waals surface area contributed by atoms with Crippen LogP contribution in [0.5, 0.6) is 11.5 Å². The first kappa shape index (κ1) is 16.8. The minimum Gasteiger partial charge on any atom is -0.490 e. The molecule has 0 amide bonds. The molecule has 5 heteroatoms. The highest BCUT2D eigenvalue weighted by Gasteiger charge is 2.20. The molecule has 2 aliphatic rings. The van der Waals surface area contributed by atoms with Crippen molar-refractivity contribution in [2.45, 2.75) is 25.7 Å². The van der Waals surface area contributed by atoms with Crippen LogP contribution in [0.2, 0.25) is 0 Å². The van der Waals surface area contributed by atoms with Gasteiger partial charge in [0.2, 0.25) is 0 Å². The van der Waals surface area contributed by atoms with Crippen LogP contribution in [-0.4, -0.2) is 25.7 Å². The van der Waals surface area contributed by atoms with Gasteiger partial charge in [0, 0.05) is 24.7 Å². The first-order chi connectivity index (χ1) is 12.8. The van der Waals surface area contributed by atoms with Crippen LogP contribution in [0.25, 0.3) is 0 Å². The predicted molar refractivity (Wildman–Crippen MR) is 104 cm³/mol. The van der Waals surface area contributed by atoms with Crippen molar-refractivity contribution in [3.63, 3.8) is 0 Å². The third kappa shape index (κ3) is 3.93. The normalized spacial score (nSPS) is 16.8. The van der Waals surface area contributed by atoms with Gasteiger partial charge in [-0.3, -0.25) is 4.99 Å². The van der Waals surface area contributed by atoms with Gasteiger partial charge in [0.05, 0.1) is 13.2 Å². The number of guanidine groups is 1. The Balaban J connectivity index is 1.30. The minimum atomic E-state index is 0.440. The number of benzene rings is 2. The largest absolute Gasteiger partial charge is 0.490 e. The lowest BCUT2D eigenvalue weighted by Gasteiger charge is -2.11. The zero-order valence-electron chi connectivity index (χ0n) is 14.9. The number of rotatable bonds is 4. The van der Waals surface area contributed by atoms with Gasteiger partial charge in [-0.05, 0) is 48.4 Å². The first-order valence-corrected chi connectivity index (χ1v) is 9.31. The molecule has 26 heavy (non-hydrogen) atoms. The van der Waals surface area contributed by atoms with Gasteiger partial charge in [-0.25, -0.2) is 0 Å². The summed E-state index contributed by atoms with van der Waals surface area (Å²) in [5.74, 6) is 2.64. The van der Waals surface area contributed by atoms with E-state index in [2.05, 4.69) is 34.6 Å². The average Bonchev–Trinajstić information content (AvgIpc) is 2.91. The summed E-state index contributed by atoms with van der Waals surface area (Å²) >= 11 is 0. The predicted octanol–water partition coefficient (Wildman–Crippen LogP) is 3.38. The van der Waals surface area contributed by atoms with Gasteiger partial charge in [0.15, 0.2) is 17.5 Å². The first-order valence-electron chi connectivity index (χ1n) is 9.31. The highest BCUT2D eigenvalue weighted by molar-refractivity contribution is 5.92. The van der Waals surface area contributed by atoms with Gasteiger partial charge in [0.1, 0.15) is 0 Å². The Morgan fingerprint density at radius 2 is 1.77 bits per heavy atom. The summed E-state index contributed by atoms with van der Waals surface area (Å²) in [6, 6.07) is 14.5. The third-order valence-electron chi connectivity index (χ3n) is 4.97. The Hall–Kier alpha value is -2.69. The van der Waals surface area contributed by atoms with E-state index >= 15 is 0 Å². The van der Waals surface area contributed by atoms with Crippen molar-refractivity contribution in [3.8, 4) is 11.5 Å². The van der Waals surface area contributed by atoms with Crippen LogP contribution in [0.1, 0.15) is 24.0 Å². The Labute approximate surface area is 154 Å². The molecule has 1 aliphatic heterocycles. The SMILES string of the molecule is NC(=NCCC1Cc2ccccc2C1)Nc1ccc2c(c1)OCCCO2. The molecule has 2 aromatic carbocycles. The van der Waals surface area contributed by atoms with E-state index in [4.69, 9.17) is 15.2 Å². The monoisotopic (exact) mass is 351 g/mol. The molecule has 0 atom stereocenters. The average molecular weight is 351 g/mol. The molecule has 4 rings (SSSR count). The van der Waals surface area contributed by atoms with Crippen LogP contribution in [0.15, 0.2) is 47.5 Å². The summed E-state index contributed by atoms with van der Waals surface area (Å²) in [6.45, 7) is 2.10. The van der Waals surface area contributed by atoms with E-state index in [1.807, 2.05) is 18.2 Å². The lowest BCUT2D eigenvalue weighted by atomic mass is 10.0. The topological polar surface area (TPSA) is 68.9 Å². The smallest absolute Gasteiger partial charge is 0.193 e. The van der Waals surface area contributed by atoms with E-state index in [1.165, 1.54) is 11.1 Å². The lowest BCUT2D eigenvalue weighted by Crippen LogP contribution is -2.23. The van der Waals surface area contributed by atoms with E-state index in [1.54, 1.807) is 0 Å². The molecule has 0 bridgehead atoms. The summed E-state index contributed by atoms with van der Waals surface area (Å²) < 4.78 is 11.3. The van der Waals surface area contributed by atoms with Crippen molar-refractivity contribution in [2.24, 2.45) is 16.6 Å². The number of nitrogens with one attached hydrogen (secondary N) is 1.